The van der Waals surface area contributed by atoms with Gasteiger partial charge in [-0.15, -0.1) is 0 Å². The maximum Gasteiger partial charge on any atom is 0.338 e. The molecular formula is C20H21NO5S. The Balaban J connectivity index is 1.67. The predicted molar refractivity (Wildman–Crippen MR) is 100 cm³/mol. The van der Waals surface area contributed by atoms with E-state index in [1.807, 2.05) is 12.1 Å². The molecule has 1 N–H and O–H groups in total. The van der Waals surface area contributed by atoms with Crippen LogP contribution in [0, 0.1) is 0 Å². The van der Waals surface area contributed by atoms with Crippen LogP contribution >= 0.6 is 0 Å². The van der Waals surface area contributed by atoms with E-state index >= 15 is 0 Å². The summed E-state index contributed by atoms with van der Waals surface area (Å²) in [6.45, 7) is -0.388. The fraction of sp³-hybridized carbons (Fsp3) is 0.300. The first-order valence-electron chi connectivity index (χ1n) is 8.76. The molecule has 0 bridgehead atoms. The molecule has 0 heterocycles. The van der Waals surface area contributed by atoms with Gasteiger partial charge >= 0.3 is 5.97 Å². The van der Waals surface area contributed by atoms with Gasteiger partial charge in [0.15, 0.2) is 12.4 Å². The second kappa shape index (κ2) is 8.02. The van der Waals surface area contributed by atoms with Gasteiger partial charge in [-0.25, -0.2) is 17.9 Å². The van der Waals surface area contributed by atoms with Crippen molar-refractivity contribution >= 4 is 21.8 Å². The molecule has 1 aliphatic rings. The number of aryl methyl sites for hydroxylation is 2. The topological polar surface area (TPSA) is 89.5 Å². The Morgan fingerprint density at radius 3 is 2.48 bits per heavy atom. The van der Waals surface area contributed by atoms with Crippen molar-refractivity contribution in [2.24, 2.45) is 0 Å². The van der Waals surface area contributed by atoms with Crippen molar-refractivity contribution in [3.8, 4) is 0 Å². The quantitative estimate of drug-likeness (QED) is 0.608. The lowest BCUT2D eigenvalue weighted by molar-refractivity contribution is 0.0474. The Bertz CT molecular complexity index is 982. The third-order valence-corrected chi connectivity index (χ3v) is 6.07. The highest BCUT2D eigenvalue weighted by Crippen LogP contribution is 2.22. The third-order valence-electron chi connectivity index (χ3n) is 4.65. The lowest BCUT2D eigenvalue weighted by Gasteiger charge is -2.16. The summed E-state index contributed by atoms with van der Waals surface area (Å²) in [5.41, 5.74) is 3.06. The Kier molecular flexibility index (Phi) is 5.72. The van der Waals surface area contributed by atoms with Crippen LogP contribution in [0.2, 0.25) is 0 Å². The molecule has 0 saturated heterocycles. The second-order valence-electron chi connectivity index (χ2n) is 6.43. The van der Waals surface area contributed by atoms with Gasteiger partial charge in [-0.05, 0) is 68.1 Å². The number of hydrogen-bond acceptors (Lipinski definition) is 5. The van der Waals surface area contributed by atoms with E-state index in [4.69, 9.17) is 4.74 Å². The number of ether oxygens (including phenoxy) is 1. The van der Waals surface area contributed by atoms with Crippen LogP contribution in [0.25, 0.3) is 0 Å². The number of esters is 1. The molecule has 0 atom stereocenters. The number of nitrogens with one attached hydrogen (secondary N) is 1. The van der Waals surface area contributed by atoms with Gasteiger partial charge in [-0.3, -0.25) is 4.79 Å². The minimum atomic E-state index is -3.66. The first kappa shape index (κ1) is 19.3. The van der Waals surface area contributed by atoms with Crippen LogP contribution in [0.1, 0.15) is 44.7 Å². The number of Topliss-reactive ketones (excluding diaryl/α,β-unsaturated/α-hetero) is 1. The largest absolute Gasteiger partial charge is 0.454 e. The van der Waals surface area contributed by atoms with Crippen LogP contribution in [0.5, 0.6) is 0 Å². The molecule has 0 aliphatic heterocycles. The zero-order chi connectivity index (χ0) is 19.4. The summed E-state index contributed by atoms with van der Waals surface area (Å²) < 4.78 is 30.9. The van der Waals surface area contributed by atoms with Crippen molar-refractivity contribution in [2.75, 3.05) is 13.7 Å². The van der Waals surface area contributed by atoms with Crippen LogP contribution < -0.4 is 4.72 Å². The highest BCUT2D eigenvalue weighted by molar-refractivity contribution is 7.89. The van der Waals surface area contributed by atoms with Gasteiger partial charge in [0.25, 0.3) is 0 Å². The fourth-order valence-corrected chi connectivity index (χ4v) is 3.89. The molecule has 3 rings (SSSR count). The molecule has 0 spiro atoms. The molecule has 142 valence electrons. The molecule has 0 aromatic heterocycles. The van der Waals surface area contributed by atoms with E-state index < -0.39 is 16.0 Å². The Morgan fingerprint density at radius 2 is 1.74 bits per heavy atom. The van der Waals surface area contributed by atoms with E-state index in [2.05, 4.69) is 4.72 Å². The summed E-state index contributed by atoms with van der Waals surface area (Å²) in [5.74, 6) is -1.02. The summed E-state index contributed by atoms with van der Waals surface area (Å²) in [6, 6.07) is 11.1. The molecule has 27 heavy (non-hydrogen) atoms. The van der Waals surface area contributed by atoms with E-state index in [1.165, 1.54) is 48.9 Å². The smallest absolute Gasteiger partial charge is 0.338 e. The van der Waals surface area contributed by atoms with E-state index in [1.54, 1.807) is 6.07 Å². The van der Waals surface area contributed by atoms with Gasteiger partial charge in [0.05, 0.1) is 10.5 Å². The van der Waals surface area contributed by atoms with Gasteiger partial charge in [-0.1, -0.05) is 18.2 Å². The van der Waals surface area contributed by atoms with Gasteiger partial charge in [0, 0.05) is 5.56 Å². The van der Waals surface area contributed by atoms with Crippen molar-refractivity contribution in [3.63, 3.8) is 0 Å². The van der Waals surface area contributed by atoms with Crippen molar-refractivity contribution in [3.05, 3.63) is 64.7 Å². The summed E-state index contributed by atoms with van der Waals surface area (Å²) in [7, 11) is -2.37. The summed E-state index contributed by atoms with van der Waals surface area (Å²) in [4.78, 5) is 24.5. The molecule has 0 unspecified atom stereocenters. The van der Waals surface area contributed by atoms with Crippen LogP contribution in [-0.4, -0.2) is 33.8 Å². The van der Waals surface area contributed by atoms with E-state index in [-0.39, 0.29) is 22.8 Å². The molecular weight excluding hydrogens is 366 g/mol. The van der Waals surface area contributed by atoms with Gasteiger partial charge < -0.3 is 4.74 Å². The van der Waals surface area contributed by atoms with Gasteiger partial charge in [0.1, 0.15) is 0 Å². The highest BCUT2D eigenvalue weighted by Gasteiger charge is 2.17. The molecule has 2 aromatic carbocycles. The maximum absolute atomic E-state index is 12.4. The standard InChI is InChI=1S/C20H21NO5S/c1-21-27(24,25)18-8-4-7-17(12-18)20(23)26-13-19(22)16-10-9-14-5-2-3-6-15(14)11-16/h4,7-12,21H,2-3,5-6,13H2,1H3. The molecule has 0 fully saturated rings. The van der Waals surface area contributed by atoms with Gasteiger partial charge in [0.2, 0.25) is 10.0 Å². The van der Waals surface area contributed by atoms with Crippen LogP contribution in [0.3, 0.4) is 0 Å². The molecule has 0 saturated carbocycles. The number of hydrogen-bond donors (Lipinski definition) is 1. The molecule has 0 radical (unpaired) electrons. The monoisotopic (exact) mass is 387 g/mol. The molecule has 1 aliphatic carbocycles. The van der Waals surface area contributed by atoms with E-state index in [0.29, 0.717) is 5.56 Å². The number of ketones is 1. The molecule has 7 heteroatoms. The Morgan fingerprint density at radius 1 is 1.00 bits per heavy atom. The summed E-state index contributed by atoms with van der Waals surface area (Å²) in [5, 5.41) is 0. The number of rotatable bonds is 6. The molecule has 6 nitrogen and oxygen atoms in total. The normalized spacial score (nSPS) is 13.7. The van der Waals surface area contributed by atoms with Crippen molar-refractivity contribution < 1.29 is 22.7 Å². The predicted octanol–water partition coefficient (Wildman–Crippen LogP) is 2.51. The molecule has 2 aromatic rings. The summed E-state index contributed by atoms with van der Waals surface area (Å²) >= 11 is 0. The fourth-order valence-electron chi connectivity index (χ4n) is 3.11. The molecule has 0 amide bonds. The van der Waals surface area contributed by atoms with Crippen molar-refractivity contribution in [1.29, 1.82) is 0 Å². The number of fused-ring (bicyclic) bond motifs is 1. The van der Waals surface area contributed by atoms with Crippen molar-refractivity contribution in [2.45, 2.75) is 30.6 Å². The van der Waals surface area contributed by atoms with Crippen molar-refractivity contribution in [1.82, 2.24) is 4.72 Å². The lowest BCUT2D eigenvalue weighted by Crippen LogP contribution is -2.19. The minimum absolute atomic E-state index is 0.0412. The minimum Gasteiger partial charge on any atom is -0.454 e. The summed E-state index contributed by atoms with van der Waals surface area (Å²) in [6.07, 6.45) is 4.28. The van der Waals surface area contributed by atoms with E-state index in [0.717, 1.165) is 19.3 Å². The number of carbonyl (C=O) groups is 2. The highest BCUT2D eigenvalue weighted by atomic mass is 32.2. The van der Waals surface area contributed by atoms with E-state index in [9.17, 15) is 18.0 Å². The first-order chi connectivity index (χ1) is 12.9. The average molecular weight is 387 g/mol. The first-order valence-corrected chi connectivity index (χ1v) is 10.2. The SMILES string of the molecule is CNS(=O)(=O)c1cccc(C(=O)OCC(=O)c2ccc3c(c2)CCCC3)c1. The van der Waals surface area contributed by atoms with Crippen LogP contribution in [0.15, 0.2) is 47.4 Å². The van der Waals surface area contributed by atoms with Crippen LogP contribution in [0.4, 0.5) is 0 Å². The van der Waals surface area contributed by atoms with Gasteiger partial charge in [-0.2, -0.15) is 0 Å². The third kappa shape index (κ3) is 4.43. The number of benzene rings is 2. The Hall–Kier alpha value is -2.51. The Labute approximate surface area is 158 Å². The average Bonchev–Trinajstić information content (AvgIpc) is 2.71. The lowest BCUT2D eigenvalue weighted by atomic mass is 9.90. The second-order valence-corrected chi connectivity index (χ2v) is 8.31. The zero-order valence-electron chi connectivity index (χ0n) is 15.0. The maximum atomic E-state index is 12.4. The zero-order valence-corrected chi connectivity index (χ0v) is 15.8. The van der Waals surface area contributed by atoms with Crippen LogP contribution in [-0.2, 0) is 27.6 Å². The number of carbonyl (C=O) groups excluding carboxylic acids is 2. The number of sulfonamides is 1.